The smallest absolute Gasteiger partial charge is 0.181 e. The first-order chi connectivity index (χ1) is 8.57. The van der Waals surface area contributed by atoms with Crippen LogP contribution in [0.5, 0.6) is 0 Å². The van der Waals surface area contributed by atoms with E-state index in [0.717, 1.165) is 13.0 Å². The van der Waals surface area contributed by atoms with Gasteiger partial charge in [0.1, 0.15) is 0 Å². The van der Waals surface area contributed by atoms with Gasteiger partial charge in [0.05, 0.1) is 18.8 Å². The first-order valence-electron chi connectivity index (χ1n) is 7.34. The largest absolute Gasteiger partial charge is 0.346 e. The van der Waals surface area contributed by atoms with Gasteiger partial charge in [-0.25, -0.2) is 0 Å². The maximum Gasteiger partial charge on any atom is 0.181 e. The van der Waals surface area contributed by atoms with Crippen LogP contribution >= 0.6 is 0 Å². The highest BCUT2D eigenvalue weighted by Gasteiger charge is 2.47. The van der Waals surface area contributed by atoms with Crippen LogP contribution in [0.1, 0.15) is 46.5 Å². The van der Waals surface area contributed by atoms with E-state index in [9.17, 15) is 0 Å². The van der Waals surface area contributed by atoms with Crippen molar-refractivity contribution in [3.63, 3.8) is 0 Å². The molecule has 0 amide bonds. The number of nitrogens with two attached hydrogens (primary N) is 1. The molecule has 0 bridgehead atoms. The van der Waals surface area contributed by atoms with Crippen molar-refractivity contribution >= 4 is 0 Å². The van der Waals surface area contributed by atoms with Gasteiger partial charge in [0.2, 0.25) is 0 Å². The van der Waals surface area contributed by atoms with Crippen molar-refractivity contribution in [2.75, 3.05) is 19.7 Å². The first-order valence-corrected chi connectivity index (χ1v) is 7.34. The Morgan fingerprint density at radius 1 is 1.39 bits per heavy atom. The Morgan fingerprint density at radius 3 is 2.83 bits per heavy atom. The lowest BCUT2D eigenvalue weighted by Crippen LogP contribution is -2.56. The summed E-state index contributed by atoms with van der Waals surface area (Å²) in [6.45, 7) is 9.14. The summed E-state index contributed by atoms with van der Waals surface area (Å²) in [5, 5.41) is 0. The molecule has 0 aromatic carbocycles. The molecule has 0 spiro atoms. The number of piperidine rings is 1. The summed E-state index contributed by atoms with van der Waals surface area (Å²) in [6.07, 6.45) is 4.80. The van der Waals surface area contributed by atoms with E-state index >= 15 is 0 Å². The minimum Gasteiger partial charge on any atom is -0.346 e. The molecular formula is C14H28N2O2. The van der Waals surface area contributed by atoms with Crippen LogP contribution in [-0.2, 0) is 9.47 Å². The van der Waals surface area contributed by atoms with Gasteiger partial charge in [-0.05, 0) is 53.1 Å². The molecule has 2 aliphatic rings. The highest BCUT2D eigenvalue weighted by Crippen LogP contribution is 2.36. The third-order valence-electron chi connectivity index (χ3n) is 4.26. The van der Waals surface area contributed by atoms with Crippen LogP contribution in [0, 0.1) is 0 Å². The fourth-order valence-electron chi connectivity index (χ4n) is 3.30. The highest BCUT2D eigenvalue weighted by molar-refractivity contribution is 4.92. The van der Waals surface area contributed by atoms with Gasteiger partial charge in [-0.2, -0.15) is 0 Å². The lowest BCUT2D eigenvalue weighted by Gasteiger charge is -2.45. The van der Waals surface area contributed by atoms with E-state index in [1.807, 2.05) is 0 Å². The second-order valence-corrected chi connectivity index (χ2v) is 5.99. The molecule has 2 fully saturated rings. The Labute approximate surface area is 111 Å². The molecule has 2 heterocycles. The van der Waals surface area contributed by atoms with Crippen LogP contribution < -0.4 is 5.73 Å². The molecule has 4 nitrogen and oxygen atoms in total. The standard InChI is InChI=1S/C14H28N2O2/c1-11(2)16-9-5-4-6-13(16)14(3)17-10-12(18-14)7-8-15/h11-13H,4-10,15H2,1-3H3. The molecule has 106 valence electrons. The van der Waals surface area contributed by atoms with E-state index in [0.29, 0.717) is 25.2 Å². The summed E-state index contributed by atoms with van der Waals surface area (Å²) in [6, 6.07) is 0.932. The molecule has 0 aromatic heterocycles. The number of ether oxygens (including phenoxy) is 2. The monoisotopic (exact) mass is 256 g/mol. The molecule has 0 aliphatic carbocycles. The molecule has 2 N–H and O–H groups in total. The van der Waals surface area contributed by atoms with Gasteiger partial charge in [-0.15, -0.1) is 0 Å². The van der Waals surface area contributed by atoms with Crippen molar-refractivity contribution in [2.45, 2.75) is 70.4 Å². The molecule has 0 saturated carbocycles. The predicted molar refractivity (Wildman–Crippen MR) is 72.4 cm³/mol. The van der Waals surface area contributed by atoms with Gasteiger partial charge in [-0.3, -0.25) is 4.90 Å². The van der Waals surface area contributed by atoms with E-state index in [-0.39, 0.29) is 6.10 Å². The fraction of sp³-hybridized carbons (Fsp3) is 1.00. The fourth-order valence-corrected chi connectivity index (χ4v) is 3.30. The Hall–Kier alpha value is -0.160. The topological polar surface area (TPSA) is 47.7 Å². The summed E-state index contributed by atoms with van der Waals surface area (Å²) >= 11 is 0. The van der Waals surface area contributed by atoms with Crippen molar-refractivity contribution in [3.05, 3.63) is 0 Å². The minimum absolute atomic E-state index is 0.177. The number of nitrogens with zero attached hydrogens (tertiary/aromatic N) is 1. The summed E-state index contributed by atoms with van der Waals surface area (Å²) < 4.78 is 12.2. The normalized spacial score (nSPS) is 38.5. The number of hydrogen-bond donors (Lipinski definition) is 1. The molecule has 2 rings (SSSR count). The van der Waals surface area contributed by atoms with Crippen molar-refractivity contribution in [1.82, 2.24) is 4.90 Å². The predicted octanol–water partition coefficient (Wildman–Crippen LogP) is 1.73. The highest BCUT2D eigenvalue weighted by atomic mass is 16.7. The van der Waals surface area contributed by atoms with E-state index in [1.54, 1.807) is 0 Å². The van der Waals surface area contributed by atoms with Crippen LogP contribution in [-0.4, -0.2) is 48.6 Å². The lowest BCUT2D eigenvalue weighted by atomic mass is 9.94. The van der Waals surface area contributed by atoms with Crippen LogP contribution in [0.15, 0.2) is 0 Å². The summed E-state index contributed by atoms with van der Waals surface area (Å²) in [5.41, 5.74) is 5.60. The van der Waals surface area contributed by atoms with Crippen LogP contribution in [0.2, 0.25) is 0 Å². The second-order valence-electron chi connectivity index (χ2n) is 5.99. The van der Waals surface area contributed by atoms with Crippen LogP contribution in [0.25, 0.3) is 0 Å². The van der Waals surface area contributed by atoms with Crippen molar-refractivity contribution in [1.29, 1.82) is 0 Å². The van der Waals surface area contributed by atoms with Crippen LogP contribution in [0.3, 0.4) is 0 Å². The molecular weight excluding hydrogens is 228 g/mol. The van der Waals surface area contributed by atoms with Gasteiger partial charge < -0.3 is 15.2 Å². The molecule has 2 aliphatic heterocycles. The van der Waals surface area contributed by atoms with Gasteiger partial charge in [0.15, 0.2) is 5.79 Å². The number of likely N-dealkylation sites (tertiary alicyclic amines) is 1. The molecule has 0 aromatic rings. The SMILES string of the molecule is CC(C)N1CCCCC1C1(C)OCC(CCN)O1. The van der Waals surface area contributed by atoms with E-state index in [4.69, 9.17) is 15.2 Å². The molecule has 3 unspecified atom stereocenters. The molecule has 3 atom stereocenters. The number of rotatable bonds is 4. The average Bonchev–Trinajstić information content (AvgIpc) is 2.73. The Morgan fingerprint density at radius 2 is 2.17 bits per heavy atom. The van der Waals surface area contributed by atoms with Gasteiger partial charge in [0.25, 0.3) is 0 Å². The summed E-state index contributed by atoms with van der Waals surface area (Å²) in [7, 11) is 0. The molecule has 2 saturated heterocycles. The Bertz CT molecular complexity index is 273. The quantitative estimate of drug-likeness (QED) is 0.832. The van der Waals surface area contributed by atoms with Gasteiger partial charge in [-0.1, -0.05) is 6.42 Å². The maximum atomic E-state index is 6.17. The Kier molecular flexibility index (Phi) is 4.64. The molecule has 0 radical (unpaired) electrons. The molecule has 4 heteroatoms. The third kappa shape index (κ3) is 2.87. The van der Waals surface area contributed by atoms with Gasteiger partial charge in [0, 0.05) is 6.04 Å². The van der Waals surface area contributed by atoms with E-state index < -0.39 is 5.79 Å². The summed E-state index contributed by atoms with van der Waals surface area (Å²) in [4.78, 5) is 2.54. The van der Waals surface area contributed by atoms with Gasteiger partial charge >= 0.3 is 0 Å². The van der Waals surface area contributed by atoms with Crippen molar-refractivity contribution in [2.24, 2.45) is 5.73 Å². The van der Waals surface area contributed by atoms with Crippen molar-refractivity contribution < 1.29 is 9.47 Å². The summed E-state index contributed by atoms with van der Waals surface area (Å²) in [5.74, 6) is -0.440. The minimum atomic E-state index is -0.440. The second kappa shape index (κ2) is 5.87. The lowest BCUT2D eigenvalue weighted by molar-refractivity contribution is -0.208. The van der Waals surface area contributed by atoms with Crippen molar-refractivity contribution in [3.8, 4) is 0 Å². The zero-order valence-corrected chi connectivity index (χ0v) is 12.0. The first kappa shape index (κ1) is 14.3. The third-order valence-corrected chi connectivity index (χ3v) is 4.26. The molecule has 18 heavy (non-hydrogen) atoms. The zero-order chi connectivity index (χ0) is 13.2. The Balaban J connectivity index is 2.04. The van der Waals surface area contributed by atoms with E-state index in [1.165, 1.54) is 19.3 Å². The van der Waals surface area contributed by atoms with Crippen LogP contribution in [0.4, 0.5) is 0 Å². The zero-order valence-electron chi connectivity index (χ0n) is 12.0. The number of hydrogen-bond acceptors (Lipinski definition) is 4. The average molecular weight is 256 g/mol. The van der Waals surface area contributed by atoms with E-state index in [2.05, 4.69) is 25.7 Å². The maximum absolute atomic E-state index is 6.17.